The lowest BCUT2D eigenvalue weighted by molar-refractivity contribution is 0.285. The first-order valence-corrected chi connectivity index (χ1v) is 6.66. The molecule has 0 bridgehead atoms. The highest BCUT2D eigenvalue weighted by atomic mass is 35.5. The van der Waals surface area contributed by atoms with E-state index in [9.17, 15) is 0 Å². The van der Waals surface area contributed by atoms with Gasteiger partial charge in [-0.2, -0.15) is 10.2 Å². The summed E-state index contributed by atoms with van der Waals surface area (Å²) in [4.78, 5) is 3.97. The van der Waals surface area contributed by atoms with Gasteiger partial charge in [0.1, 0.15) is 6.61 Å². The van der Waals surface area contributed by atoms with Crippen molar-refractivity contribution in [2.75, 3.05) is 7.11 Å². The Labute approximate surface area is 138 Å². The molecule has 0 saturated carbocycles. The Morgan fingerprint density at radius 1 is 1.14 bits per heavy atom. The fourth-order valence-electron chi connectivity index (χ4n) is 1.95. The van der Waals surface area contributed by atoms with Crippen LogP contribution in [0.25, 0.3) is 10.9 Å². The van der Waals surface area contributed by atoms with E-state index < -0.39 is 0 Å². The van der Waals surface area contributed by atoms with Crippen molar-refractivity contribution in [2.24, 2.45) is 0 Å². The van der Waals surface area contributed by atoms with Crippen LogP contribution in [0.4, 0.5) is 0 Å². The van der Waals surface area contributed by atoms with E-state index in [1.165, 1.54) is 6.20 Å². The number of halogens is 2. The number of rotatable bonds is 4. The minimum Gasteiger partial charge on any atom is -0.493 e. The van der Waals surface area contributed by atoms with Crippen molar-refractivity contribution in [1.82, 2.24) is 15.2 Å². The molecule has 0 saturated heterocycles. The Morgan fingerprint density at radius 3 is 2.64 bits per heavy atom. The normalized spacial score (nSPS) is 10.1. The number of nitrogens with zero attached hydrogens (tertiary/aromatic N) is 3. The van der Waals surface area contributed by atoms with Crippen LogP contribution in [-0.2, 0) is 6.61 Å². The third-order valence-corrected chi connectivity index (χ3v) is 3.32. The Bertz CT molecular complexity index is 769. The van der Waals surface area contributed by atoms with Crippen LogP contribution in [-0.4, -0.2) is 22.3 Å². The molecule has 2 heterocycles. The monoisotopic (exact) mass is 337 g/mol. The molecule has 7 heteroatoms. The van der Waals surface area contributed by atoms with Gasteiger partial charge in [0.25, 0.3) is 0 Å². The number of hydrogen-bond donors (Lipinski definition) is 0. The molecule has 1 aromatic carbocycles. The Balaban J connectivity index is 0.00000176. The second kappa shape index (κ2) is 7.24. The largest absolute Gasteiger partial charge is 0.493 e. The Kier molecular flexibility index (Phi) is 5.35. The lowest BCUT2D eigenvalue weighted by Gasteiger charge is -2.12. The van der Waals surface area contributed by atoms with Crippen molar-refractivity contribution in [3.05, 3.63) is 53.4 Å². The highest BCUT2D eigenvalue weighted by Crippen LogP contribution is 2.34. The molecule has 22 heavy (non-hydrogen) atoms. The SMILES string of the molecule is COc1cc2c(Cl)cnnc2cc1OCc1ccncc1.Cl. The van der Waals surface area contributed by atoms with Crippen molar-refractivity contribution in [3.63, 3.8) is 0 Å². The maximum atomic E-state index is 6.11. The maximum absolute atomic E-state index is 6.11. The van der Waals surface area contributed by atoms with Gasteiger partial charge in [-0.1, -0.05) is 11.6 Å². The van der Waals surface area contributed by atoms with Gasteiger partial charge in [-0.05, 0) is 23.8 Å². The van der Waals surface area contributed by atoms with Gasteiger partial charge in [0.15, 0.2) is 11.5 Å². The minimum atomic E-state index is 0. The molecule has 0 amide bonds. The van der Waals surface area contributed by atoms with E-state index in [2.05, 4.69) is 15.2 Å². The number of methoxy groups -OCH3 is 1. The molecule has 0 N–H and O–H groups in total. The lowest BCUT2D eigenvalue weighted by Crippen LogP contribution is -1.98. The first kappa shape index (κ1) is 16.3. The van der Waals surface area contributed by atoms with Gasteiger partial charge in [-0.25, -0.2) is 0 Å². The molecule has 114 valence electrons. The summed E-state index contributed by atoms with van der Waals surface area (Å²) in [6.07, 6.45) is 4.95. The fourth-order valence-corrected chi connectivity index (χ4v) is 2.14. The smallest absolute Gasteiger partial charge is 0.163 e. The van der Waals surface area contributed by atoms with E-state index in [1.54, 1.807) is 31.6 Å². The molecule has 3 rings (SSSR count). The summed E-state index contributed by atoms with van der Waals surface area (Å²) in [7, 11) is 1.59. The van der Waals surface area contributed by atoms with E-state index in [-0.39, 0.29) is 12.4 Å². The van der Waals surface area contributed by atoms with Crippen LogP contribution >= 0.6 is 24.0 Å². The molecule has 5 nitrogen and oxygen atoms in total. The van der Waals surface area contributed by atoms with Crippen molar-refractivity contribution in [2.45, 2.75) is 6.61 Å². The summed E-state index contributed by atoms with van der Waals surface area (Å²) in [5.41, 5.74) is 1.68. The van der Waals surface area contributed by atoms with Gasteiger partial charge in [0.2, 0.25) is 0 Å². The predicted octanol–water partition coefficient (Wildman–Crippen LogP) is 3.69. The number of aromatic nitrogens is 3. The number of hydrogen-bond acceptors (Lipinski definition) is 5. The second-order valence-corrected chi connectivity index (χ2v) is 4.76. The van der Waals surface area contributed by atoms with Crippen molar-refractivity contribution < 1.29 is 9.47 Å². The summed E-state index contributed by atoms with van der Waals surface area (Å²) in [6, 6.07) is 7.36. The molecule has 0 spiro atoms. The minimum absolute atomic E-state index is 0. The Morgan fingerprint density at radius 2 is 1.91 bits per heavy atom. The van der Waals surface area contributed by atoms with E-state index in [4.69, 9.17) is 21.1 Å². The summed E-state index contributed by atoms with van der Waals surface area (Å²) in [5.74, 6) is 1.20. The van der Waals surface area contributed by atoms with E-state index in [0.717, 1.165) is 10.9 Å². The zero-order chi connectivity index (χ0) is 14.7. The van der Waals surface area contributed by atoms with Gasteiger partial charge in [-0.3, -0.25) is 4.98 Å². The first-order chi connectivity index (χ1) is 10.3. The number of ether oxygens (including phenoxy) is 2. The molecule has 3 aromatic rings. The van der Waals surface area contributed by atoms with E-state index in [1.807, 2.05) is 12.1 Å². The van der Waals surface area contributed by atoms with Gasteiger partial charge in [0.05, 0.1) is 23.8 Å². The van der Waals surface area contributed by atoms with Crippen LogP contribution in [0.2, 0.25) is 5.02 Å². The molecule has 2 aromatic heterocycles. The quantitative estimate of drug-likeness (QED) is 0.726. The van der Waals surface area contributed by atoms with Crippen molar-refractivity contribution in [1.29, 1.82) is 0 Å². The average Bonchev–Trinajstić information content (AvgIpc) is 2.53. The standard InChI is InChI=1S/C15H12ClN3O2.ClH/c1-20-14-6-11-12(16)8-18-19-13(11)7-15(14)21-9-10-2-4-17-5-3-10;/h2-8H,9H2,1H3;1H. The van der Waals surface area contributed by atoms with Gasteiger partial charge in [-0.15, -0.1) is 12.4 Å². The zero-order valence-electron chi connectivity index (χ0n) is 11.7. The molecule has 0 radical (unpaired) electrons. The fraction of sp³-hybridized carbons (Fsp3) is 0.133. The lowest BCUT2D eigenvalue weighted by atomic mass is 10.2. The van der Waals surface area contributed by atoms with E-state index in [0.29, 0.717) is 28.6 Å². The third kappa shape index (κ3) is 3.37. The summed E-state index contributed by atoms with van der Waals surface area (Å²) >= 11 is 6.11. The highest BCUT2D eigenvalue weighted by Gasteiger charge is 2.10. The molecule has 0 aliphatic carbocycles. The zero-order valence-corrected chi connectivity index (χ0v) is 13.3. The number of fused-ring (bicyclic) bond motifs is 1. The highest BCUT2D eigenvalue weighted by molar-refractivity contribution is 6.35. The molecule has 0 unspecified atom stereocenters. The predicted molar refractivity (Wildman–Crippen MR) is 86.9 cm³/mol. The molecule has 0 aliphatic rings. The third-order valence-electron chi connectivity index (χ3n) is 3.02. The summed E-state index contributed by atoms with van der Waals surface area (Å²) < 4.78 is 11.2. The molecule has 0 aliphatic heterocycles. The Hall–Kier alpha value is -2.11. The average molecular weight is 338 g/mol. The van der Waals surface area contributed by atoms with E-state index >= 15 is 0 Å². The van der Waals surface area contributed by atoms with Crippen LogP contribution in [0, 0.1) is 0 Å². The molecule has 0 atom stereocenters. The van der Waals surface area contributed by atoms with Crippen LogP contribution in [0.5, 0.6) is 11.5 Å². The number of pyridine rings is 1. The topological polar surface area (TPSA) is 57.1 Å². The van der Waals surface area contributed by atoms with Gasteiger partial charge in [0, 0.05) is 23.8 Å². The van der Waals surface area contributed by atoms with Crippen LogP contribution in [0.1, 0.15) is 5.56 Å². The van der Waals surface area contributed by atoms with Gasteiger partial charge >= 0.3 is 0 Å². The maximum Gasteiger partial charge on any atom is 0.163 e. The second-order valence-electron chi connectivity index (χ2n) is 4.36. The molecular weight excluding hydrogens is 325 g/mol. The summed E-state index contributed by atoms with van der Waals surface area (Å²) in [5, 5.41) is 9.20. The molecular formula is C15H13Cl2N3O2. The van der Waals surface area contributed by atoms with Crippen LogP contribution in [0.15, 0.2) is 42.9 Å². The van der Waals surface area contributed by atoms with Crippen molar-refractivity contribution >= 4 is 34.9 Å². The van der Waals surface area contributed by atoms with Crippen molar-refractivity contribution in [3.8, 4) is 11.5 Å². The summed E-state index contributed by atoms with van der Waals surface area (Å²) in [6.45, 7) is 0.415. The van der Waals surface area contributed by atoms with Crippen LogP contribution < -0.4 is 9.47 Å². The number of benzene rings is 1. The van der Waals surface area contributed by atoms with Crippen LogP contribution in [0.3, 0.4) is 0 Å². The molecule has 0 fully saturated rings. The first-order valence-electron chi connectivity index (χ1n) is 6.28. The van der Waals surface area contributed by atoms with Gasteiger partial charge < -0.3 is 9.47 Å².